The van der Waals surface area contributed by atoms with E-state index in [1.165, 1.54) is 12.1 Å². The molecule has 4 heteroatoms. The second-order valence-corrected chi connectivity index (χ2v) is 4.77. The topological polar surface area (TPSA) is 58.9 Å². The normalized spacial score (nSPS) is 10.6. The van der Waals surface area contributed by atoms with Gasteiger partial charge in [0.25, 0.3) is 0 Å². The Morgan fingerprint density at radius 1 is 0.850 bits per heavy atom. The van der Waals surface area contributed by atoms with E-state index in [1.807, 2.05) is 32.0 Å². The number of ether oxygens (including phenoxy) is 2. The van der Waals surface area contributed by atoms with Crippen LogP contribution in [0.2, 0.25) is 0 Å². The fourth-order valence-corrected chi connectivity index (χ4v) is 1.90. The van der Waals surface area contributed by atoms with Crippen LogP contribution in [0.25, 0.3) is 11.1 Å². The van der Waals surface area contributed by atoms with E-state index in [0.717, 1.165) is 11.1 Å². The molecule has 0 fully saturated rings. The van der Waals surface area contributed by atoms with E-state index in [-0.39, 0.29) is 17.6 Å². The van der Waals surface area contributed by atoms with Gasteiger partial charge in [-0.1, -0.05) is 6.07 Å². The van der Waals surface area contributed by atoms with E-state index < -0.39 is 0 Å². The molecule has 4 nitrogen and oxygen atoms in total. The molecule has 0 spiro atoms. The molecule has 0 atom stereocenters. The van der Waals surface area contributed by atoms with Crippen LogP contribution in [0.15, 0.2) is 36.4 Å². The molecule has 0 radical (unpaired) electrons. The number of methoxy groups -OCH3 is 1. The van der Waals surface area contributed by atoms with Crippen LogP contribution in [-0.4, -0.2) is 23.4 Å². The summed E-state index contributed by atoms with van der Waals surface area (Å²) >= 11 is 0. The van der Waals surface area contributed by atoms with Crippen molar-refractivity contribution in [2.24, 2.45) is 0 Å². The molecule has 0 saturated carbocycles. The first-order chi connectivity index (χ1) is 9.49. The van der Waals surface area contributed by atoms with E-state index in [4.69, 9.17) is 9.47 Å². The second kappa shape index (κ2) is 5.74. The Bertz CT molecular complexity index is 605. The van der Waals surface area contributed by atoms with Crippen molar-refractivity contribution < 1.29 is 19.7 Å². The Morgan fingerprint density at radius 2 is 1.55 bits per heavy atom. The first kappa shape index (κ1) is 14.1. The molecule has 2 aromatic rings. The number of hydrogen-bond acceptors (Lipinski definition) is 4. The smallest absolute Gasteiger partial charge is 0.158 e. The highest BCUT2D eigenvalue weighted by atomic mass is 16.5. The molecular formula is C16H18O4. The number of rotatable bonds is 4. The minimum Gasteiger partial charge on any atom is -0.504 e. The predicted octanol–water partition coefficient (Wildman–Crippen LogP) is 3.56. The Balaban J connectivity index is 2.46. The molecule has 0 amide bonds. The van der Waals surface area contributed by atoms with Crippen LogP contribution < -0.4 is 9.47 Å². The van der Waals surface area contributed by atoms with Crippen LogP contribution in [0.5, 0.6) is 23.0 Å². The number of benzene rings is 2. The molecule has 2 aromatic carbocycles. The Hall–Kier alpha value is -2.36. The number of hydrogen-bond donors (Lipinski definition) is 2. The van der Waals surface area contributed by atoms with E-state index in [1.54, 1.807) is 13.2 Å². The van der Waals surface area contributed by atoms with E-state index in [2.05, 4.69) is 0 Å². The van der Waals surface area contributed by atoms with Crippen molar-refractivity contribution in [3.05, 3.63) is 36.4 Å². The molecule has 0 bridgehead atoms. The minimum absolute atomic E-state index is 0.0585. The summed E-state index contributed by atoms with van der Waals surface area (Å²) in [6.07, 6.45) is 0.0585. The summed E-state index contributed by atoms with van der Waals surface area (Å²) < 4.78 is 10.9. The van der Waals surface area contributed by atoms with Crippen LogP contribution in [-0.2, 0) is 0 Å². The van der Waals surface area contributed by atoms with Gasteiger partial charge in [-0.3, -0.25) is 0 Å². The first-order valence-electron chi connectivity index (χ1n) is 6.37. The number of phenols is 2. The summed E-state index contributed by atoms with van der Waals surface area (Å²) in [5, 5.41) is 19.0. The lowest BCUT2D eigenvalue weighted by Gasteiger charge is -2.13. The molecule has 106 valence electrons. The zero-order valence-corrected chi connectivity index (χ0v) is 11.8. The summed E-state index contributed by atoms with van der Waals surface area (Å²) in [5.41, 5.74) is 1.61. The van der Waals surface area contributed by atoms with Crippen molar-refractivity contribution >= 4 is 0 Å². The van der Waals surface area contributed by atoms with Gasteiger partial charge >= 0.3 is 0 Å². The van der Waals surface area contributed by atoms with Gasteiger partial charge in [0.1, 0.15) is 11.5 Å². The van der Waals surface area contributed by atoms with E-state index in [0.29, 0.717) is 11.5 Å². The van der Waals surface area contributed by atoms with Crippen molar-refractivity contribution in [2.45, 2.75) is 20.0 Å². The van der Waals surface area contributed by atoms with Crippen molar-refractivity contribution in [3.63, 3.8) is 0 Å². The highest BCUT2D eigenvalue weighted by molar-refractivity contribution is 5.69. The zero-order chi connectivity index (χ0) is 14.7. The molecule has 0 unspecified atom stereocenters. The molecule has 0 saturated heterocycles. The number of aromatic hydroxyl groups is 2. The van der Waals surface area contributed by atoms with Crippen molar-refractivity contribution in [1.29, 1.82) is 0 Å². The molecular weight excluding hydrogens is 256 g/mol. The third kappa shape index (κ3) is 3.15. The minimum atomic E-state index is -0.156. The third-order valence-electron chi connectivity index (χ3n) is 2.80. The van der Waals surface area contributed by atoms with Gasteiger partial charge in [0.2, 0.25) is 0 Å². The molecule has 0 aromatic heterocycles. The summed E-state index contributed by atoms with van der Waals surface area (Å²) in [4.78, 5) is 0. The van der Waals surface area contributed by atoms with Crippen molar-refractivity contribution in [3.8, 4) is 34.1 Å². The second-order valence-electron chi connectivity index (χ2n) is 4.77. The van der Waals surface area contributed by atoms with Crippen LogP contribution >= 0.6 is 0 Å². The summed E-state index contributed by atoms with van der Waals surface area (Å²) in [6, 6.07) is 10.2. The van der Waals surface area contributed by atoms with Crippen LogP contribution in [0.4, 0.5) is 0 Å². The standard InChI is InChI=1S/C16H18O4/c1-10(2)20-14-7-12(6-13(9-14)19-3)11-4-5-15(17)16(18)8-11/h4-10,17-18H,1-3H3. The predicted molar refractivity (Wildman–Crippen MR) is 77.5 cm³/mol. The summed E-state index contributed by atoms with van der Waals surface area (Å²) in [6.45, 7) is 3.90. The molecule has 0 aliphatic rings. The zero-order valence-electron chi connectivity index (χ0n) is 11.8. The largest absolute Gasteiger partial charge is 0.504 e. The van der Waals surface area contributed by atoms with Crippen LogP contribution in [0.1, 0.15) is 13.8 Å². The third-order valence-corrected chi connectivity index (χ3v) is 2.80. The fraction of sp³-hybridized carbons (Fsp3) is 0.250. The van der Waals surface area contributed by atoms with Gasteiger partial charge in [-0.15, -0.1) is 0 Å². The van der Waals surface area contributed by atoms with Gasteiger partial charge in [0.15, 0.2) is 11.5 Å². The maximum absolute atomic E-state index is 9.59. The SMILES string of the molecule is COc1cc(OC(C)C)cc(-c2ccc(O)c(O)c2)c1. The van der Waals surface area contributed by atoms with Crippen molar-refractivity contribution in [1.82, 2.24) is 0 Å². The Morgan fingerprint density at radius 3 is 2.15 bits per heavy atom. The quantitative estimate of drug-likeness (QED) is 0.837. The summed E-state index contributed by atoms with van der Waals surface area (Å²) in [7, 11) is 1.59. The van der Waals surface area contributed by atoms with Gasteiger partial charge in [0, 0.05) is 6.07 Å². The average Bonchev–Trinajstić information content (AvgIpc) is 2.40. The molecule has 2 rings (SSSR count). The van der Waals surface area contributed by atoms with Gasteiger partial charge in [-0.25, -0.2) is 0 Å². The molecule has 0 aliphatic heterocycles. The fourth-order valence-electron chi connectivity index (χ4n) is 1.90. The van der Waals surface area contributed by atoms with Gasteiger partial charge in [-0.2, -0.15) is 0 Å². The highest BCUT2D eigenvalue weighted by Gasteiger charge is 2.08. The number of phenolic OH excluding ortho intramolecular Hbond substituents is 2. The van der Waals surface area contributed by atoms with Gasteiger partial charge < -0.3 is 19.7 Å². The lowest BCUT2D eigenvalue weighted by Crippen LogP contribution is -2.05. The van der Waals surface area contributed by atoms with Gasteiger partial charge in [-0.05, 0) is 49.2 Å². The van der Waals surface area contributed by atoms with Gasteiger partial charge in [0.05, 0.1) is 13.2 Å². The monoisotopic (exact) mass is 274 g/mol. The maximum atomic E-state index is 9.59. The van der Waals surface area contributed by atoms with Crippen molar-refractivity contribution in [2.75, 3.05) is 7.11 Å². The Labute approximate surface area is 118 Å². The molecule has 2 N–H and O–H groups in total. The van der Waals surface area contributed by atoms with Crippen LogP contribution in [0.3, 0.4) is 0 Å². The summed E-state index contributed by atoms with van der Waals surface area (Å²) in [5.74, 6) is 1.07. The molecule has 20 heavy (non-hydrogen) atoms. The average molecular weight is 274 g/mol. The lowest BCUT2D eigenvalue weighted by molar-refractivity contribution is 0.241. The maximum Gasteiger partial charge on any atom is 0.158 e. The Kier molecular flexibility index (Phi) is 4.03. The molecule has 0 heterocycles. The lowest BCUT2D eigenvalue weighted by atomic mass is 10.0. The van der Waals surface area contributed by atoms with E-state index >= 15 is 0 Å². The first-order valence-corrected chi connectivity index (χ1v) is 6.37. The highest BCUT2D eigenvalue weighted by Crippen LogP contribution is 2.34. The molecule has 0 aliphatic carbocycles. The van der Waals surface area contributed by atoms with E-state index in [9.17, 15) is 10.2 Å². The van der Waals surface area contributed by atoms with Crippen LogP contribution in [0, 0.1) is 0 Å².